The summed E-state index contributed by atoms with van der Waals surface area (Å²) in [5.74, 6) is 2.02. The second-order valence-corrected chi connectivity index (χ2v) is 7.94. The van der Waals surface area contributed by atoms with Crippen LogP contribution in [0, 0.1) is 0 Å². The topological polar surface area (TPSA) is 15.3 Å². The minimum atomic E-state index is 0.739. The molecule has 2 heterocycles. The normalized spacial score (nSPS) is 28.8. The van der Waals surface area contributed by atoms with Gasteiger partial charge in [-0.15, -0.1) is 11.8 Å². The molecule has 2 atom stereocenters. The maximum absolute atomic E-state index is 3.73. The number of thioether (sulfide) groups is 1. The van der Waals surface area contributed by atoms with Crippen molar-refractivity contribution in [2.45, 2.75) is 55.0 Å². The molecule has 1 aromatic rings. The molecule has 21 heavy (non-hydrogen) atoms. The summed E-state index contributed by atoms with van der Waals surface area (Å²) < 4.78 is 0. The Morgan fingerprint density at radius 3 is 2.81 bits per heavy atom. The van der Waals surface area contributed by atoms with Crippen molar-refractivity contribution < 1.29 is 0 Å². The van der Waals surface area contributed by atoms with E-state index in [1.807, 2.05) is 0 Å². The van der Waals surface area contributed by atoms with Gasteiger partial charge in [-0.3, -0.25) is 4.90 Å². The third kappa shape index (κ3) is 3.30. The molecule has 1 saturated carbocycles. The molecule has 1 aliphatic carbocycles. The Kier molecular flexibility index (Phi) is 4.24. The largest absolute Gasteiger partial charge is 0.313 e. The van der Waals surface area contributed by atoms with Crippen LogP contribution < -0.4 is 5.32 Å². The third-order valence-corrected chi connectivity index (χ3v) is 6.44. The monoisotopic (exact) mass is 302 g/mol. The standard InChI is InChI=1S/C18H26N2S/c1-2-7-18-17(6-1)14(13-21-18)11-20(16-8-9-16)12-15-5-3-4-10-19-15/h1-2,6-7,14-16,19H,3-5,8-13H2. The zero-order valence-corrected chi connectivity index (χ0v) is 13.6. The smallest absolute Gasteiger partial charge is 0.0195 e. The molecule has 114 valence electrons. The lowest BCUT2D eigenvalue weighted by atomic mass is 9.99. The van der Waals surface area contributed by atoms with E-state index < -0.39 is 0 Å². The molecule has 1 aromatic carbocycles. The van der Waals surface area contributed by atoms with Gasteiger partial charge in [-0.25, -0.2) is 0 Å². The molecule has 3 aliphatic rings. The van der Waals surface area contributed by atoms with E-state index in [2.05, 4.69) is 46.2 Å². The summed E-state index contributed by atoms with van der Waals surface area (Å²) in [7, 11) is 0. The average Bonchev–Trinajstić information content (AvgIpc) is 3.30. The number of hydrogen-bond donors (Lipinski definition) is 1. The Hall–Kier alpha value is -0.510. The molecule has 0 spiro atoms. The summed E-state index contributed by atoms with van der Waals surface area (Å²) in [6.07, 6.45) is 7.01. The number of nitrogens with one attached hydrogen (secondary N) is 1. The lowest BCUT2D eigenvalue weighted by molar-refractivity contribution is 0.208. The summed E-state index contributed by atoms with van der Waals surface area (Å²) in [4.78, 5) is 4.32. The van der Waals surface area contributed by atoms with Gasteiger partial charge < -0.3 is 5.32 Å². The molecule has 2 aliphatic heterocycles. The SMILES string of the molecule is c1ccc2c(c1)SCC2CN(CC1CCCCN1)C1CC1. The Morgan fingerprint density at radius 1 is 1.10 bits per heavy atom. The van der Waals surface area contributed by atoms with E-state index in [9.17, 15) is 0 Å². The number of benzene rings is 1. The van der Waals surface area contributed by atoms with E-state index in [1.54, 1.807) is 5.56 Å². The van der Waals surface area contributed by atoms with Crippen molar-refractivity contribution in [3.8, 4) is 0 Å². The van der Waals surface area contributed by atoms with Gasteiger partial charge in [0.2, 0.25) is 0 Å². The molecule has 2 unspecified atom stereocenters. The lowest BCUT2D eigenvalue weighted by Crippen LogP contribution is -2.45. The van der Waals surface area contributed by atoms with Crippen LogP contribution in [-0.4, -0.2) is 42.4 Å². The first-order valence-electron chi connectivity index (χ1n) is 8.59. The molecule has 1 N–H and O–H groups in total. The molecule has 3 heteroatoms. The number of nitrogens with zero attached hydrogens (tertiary/aromatic N) is 1. The second kappa shape index (κ2) is 6.31. The van der Waals surface area contributed by atoms with Crippen LogP contribution in [0.3, 0.4) is 0 Å². The van der Waals surface area contributed by atoms with Gasteiger partial charge in [0, 0.05) is 41.7 Å². The number of piperidine rings is 1. The Balaban J connectivity index is 1.41. The Labute approximate surface area is 132 Å². The summed E-state index contributed by atoms with van der Waals surface area (Å²) in [6, 6.07) is 10.7. The van der Waals surface area contributed by atoms with Crippen LogP contribution in [-0.2, 0) is 0 Å². The van der Waals surface area contributed by atoms with Crippen LogP contribution in [0.1, 0.15) is 43.6 Å². The highest BCUT2D eigenvalue weighted by atomic mass is 32.2. The van der Waals surface area contributed by atoms with Crippen LogP contribution in [0.5, 0.6) is 0 Å². The van der Waals surface area contributed by atoms with Crippen molar-refractivity contribution in [1.29, 1.82) is 0 Å². The van der Waals surface area contributed by atoms with Crippen molar-refractivity contribution in [1.82, 2.24) is 10.2 Å². The summed E-state index contributed by atoms with van der Waals surface area (Å²) in [5.41, 5.74) is 1.60. The van der Waals surface area contributed by atoms with Crippen molar-refractivity contribution in [2.75, 3.05) is 25.4 Å². The van der Waals surface area contributed by atoms with Crippen LogP contribution in [0.25, 0.3) is 0 Å². The minimum Gasteiger partial charge on any atom is -0.313 e. The average molecular weight is 302 g/mol. The van der Waals surface area contributed by atoms with E-state index in [1.165, 1.54) is 62.4 Å². The van der Waals surface area contributed by atoms with Gasteiger partial charge in [0.25, 0.3) is 0 Å². The highest BCUT2D eigenvalue weighted by molar-refractivity contribution is 7.99. The maximum Gasteiger partial charge on any atom is 0.0195 e. The first-order valence-corrected chi connectivity index (χ1v) is 9.58. The van der Waals surface area contributed by atoms with E-state index in [-0.39, 0.29) is 0 Å². The maximum atomic E-state index is 3.73. The summed E-state index contributed by atoms with van der Waals surface area (Å²) in [6.45, 7) is 3.77. The first-order chi connectivity index (χ1) is 10.4. The number of rotatable bonds is 5. The van der Waals surface area contributed by atoms with Gasteiger partial charge in [-0.1, -0.05) is 24.6 Å². The molecule has 2 nitrogen and oxygen atoms in total. The van der Waals surface area contributed by atoms with Crippen LogP contribution >= 0.6 is 11.8 Å². The lowest BCUT2D eigenvalue weighted by Gasteiger charge is -2.32. The molecule has 0 bridgehead atoms. The molecular weight excluding hydrogens is 276 g/mol. The molecule has 0 amide bonds. The molecule has 0 radical (unpaired) electrons. The van der Waals surface area contributed by atoms with Gasteiger partial charge >= 0.3 is 0 Å². The molecule has 0 aromatic heterocycles. The van der Waals surface area contributed by atoms with Gasteiger partial charge in [0.1, 0.15) is 0 Å². The van der Waals surface area contributed by atoms with Crippen molar-refractivity contribution >= 4 is 11.8 Å². The minimum absolute atomic E-state index is 0.739. The second-order valence-electron chi connectivity index (χ2n) is 6.88. The molecule has 4 rings (SSSR count). The molecule has 2 fully saturated rings. The number of fused-ring (bicyclic) bond motifs is 1. The van der Waals surface area contributed by atoms with Crippen LogP contribution in [0.15, 0.2) is 29.2 Å². The van der Waals surface area contributed by atoms with Gasteiger partial charge in [0.05, 0.1) is 0 Å². The summed E-state index contributed by atoms with van der Waals surface area (Å²) >= 11 is 2.05. The fourth-order valence-electron chi connectivity index (χ4n) is 3.84. The quantitative estimate of drug-likeness (QED) is 0.896. The van der Waals surface area contributed by atoms with Gasteiger partial charge in [-0.05, 0) is 43.9 Å². The highest BCUT2D eigenvalue weighted by Crippen LogP contribution is 2.41. The highest BCUT2D eigenvalue weighted by Gasteiger charge is 2.34. The number of hydrogen-bond acceptors (Lipinski definition) is 3. The van der Waals surface area contributed by atoms with Crippen LogP contribution in [0.4, 0.5) is 0 Å². The Bertz CT molecular complexity index is 480. The van der Waals surface area contributed by atoms with E-state index >= 15 is 0 Å². The van der Waals surface area contributed by atoms with E-state index in [4.69, 9.17) is 0 Å². The first kappa shape index (κ1) is 14.1. The van der Waals surface area contributed by atoms with E-state index in [0.717, 1.165) is 18.0 Å². The Morgan fingerprint density at radius 2 is 2.00 bits per heavy atom. The fourth-order valence-corrected chi connectivity index (χ4v) is 5.08. The third-order valence-electron chi connectivity index (χ3n) is 5.18. The van der Waals surface area contributed by atoms with Crippen LogP contribution in [0.2, 0.25) is 0 Å². The van der Waals surface area contributed by atoms with Crippen molar-refractivity contribution in [3.05, 3.63) is 29.8 Å². The fraction of sp³-hybridized carbons (Fsp3) is 0.667. The predicted octanol–water partition coefficient (Wildman–Crippen LogP) is 3.48. The zero-order chi connectivity index (χ0) is 14.1. The predicted molar refractivity (Wildman–Crippen MR) is 90.1 cm³/mol. The van der Waals surface area contributed by atoms with Gasteiger partial charge in [-0.2, -0.15) is 0 Å². The zero-order valence-electron chi connectivity index (χ0n) is 12.8. The summed E-state index contributed by atoms with van der Waals surface area (Å²) in [5, 5.41) is 3.73. The van der Waals surface area contributed by atoms with Crippen molar-refractivity contribution in [3.63, 3.8) is 0 Å². The van der Waals surface area contributed by atoms with Gasteiger partial charge in [0.15, 0.2) is 0 Å². The molecule has 1 saturated heterocycles. The van der Waals surface area contributed by atoms with E-state index in [0.29, 0.717) is 0 Å². The van der Waals surface area contributed by atoms with Crippen molar-refractivity contribution in [2.24, 2.45) is 0 Å². The molecular formula is C18H26N2S.